The van der Waals surface area contributed by atoms with Gasteiger partial charge >= 0.3 is 0 Å². The SMILES string of the molecule is CC(=O)N(CCN1CCOCC1)CC(=O)NC1CC1. The standard InChI is InChI=1S/C13H23N3O3/c1-11(17)16(10-13(18)14-12-2-3-12)5-4-15-6-8-19-9-7-15/h12H,2-10H2,1H3,(H,14,18). The number of carbonyl (C=O) groups excluding carboxylic acids is 2. The number of nitrogens with zero attached hydrogens (tertiary/aromatic N) is 2. The van der Waals surface area contributed by atoms with Crippen LogP contribution in [0, 0.1) is 0 Å². The molecule has 0 radical (unpaired) electrons. The van der Waals surface area contributed by atoms with Gasteiger partial charge in [-0.3, -0.25) is 14.5 Å². The molecule has 1 saturated carbocycles. The molecule has 2 aliphatic rings. The maximum Gasteiger partial charge on any atom is 0.239 e. The van der Waals surface area contributed by atoms with E-state index in [1.54, 1.807) is 4.90 Å². The lowest BCUT2D eigenvalue weighted by atomic mass is 10.3. The molecule has 2 amide bonds. The Morgan fingerprint density at radius 1 is 1.32 bits per heavy atom. The summed E-state index contributed by atoms with van der Waals surface area (Å²) in [6.45, 7) is 6.41. The van der Waals surface area contributed by atoms with Crippen LogP contribution < -0.4 is 5.32 Å². The van der Waals surface area contributed by atoms with Crippen molar-refractivity contribution >= 4 is 11.8 Å². The number of morpholine rings is 1. The molecule has 6 heteroatoms. The fraction of sp³-hybridized carbons (Fsp3) is 0.846. The third-order valence-corrected chi connectivity index (χ3v) is 3.51. The fourth-order valence-corrected chi connectivity index (χ4v) is 2.11. The van der Waals surface area contributed by atoms with Crippen LogP contribution in [0.15, 0.2) is 0 Å². The van der Waals surface area contributed by atoms with Gasteiger partial charge in [0.1, 0.15) is 0 Å². The molecule has 1 N–H and O–H groups in total. The molecule has 0 spiro atoms. The first-order valence-corrected chi connectivity index (χ1v) is 7.00. The van der Waals surface area contributed by atoms with Crippen molar-refractivity contribution in [3.05, 3.63) is 0 Å². The summed E-state index contributed by atoms with van der Waals surface area (Å²) in [6, 6.07) is 0.348. The van der Waals surface area contributed by atoms with Gasteiger partial charge in [-0.05, 0) is 12.8 Å². The molecule has 1 heterocycles. The molecular formula is C13H23N3O3. The topological polar surface area (TPSA) is 61.9 Å². The van der Waals surface area contributed by atoms with Crippen molar-refractivity contribution in [2.24, 2.45) is 0 Å². The van der Waals surface area contributed by atoms with E-state index >= 15 is 0 Å². The van der Waals surface area contributed by atoms with Crippen molar-refractivity contribution in [3.63, 3.8) is 0 Å². The van der Waals surface area contributed by atoms with E-state index in [0.717, 1.165) is 45.7 Å². The van der Waals surface area contributed by atoms with Crippen LogP contribution in [0.5, 0.6) is 0 Å². The second-order valence-electron chi connectivity index (χ2n) is 5.24. The third-order valence-electron chi connectivity index (χ3n) is 3.51. The Labute approximate surface area is 114 Å². The Bertz CT molecular complexity index is 325. The van der Waals surface area contributed by atoms with Gasteiger partial charge in [0.25, 0.3) is 0 Å². The molecule has 0 bridgehead atoms. The molecule has 1 aliphatic carbocycles. The summed E-state index contributed by atoms with van der Waals surface area (Å²) in [7, 11) is 0. The van der Waals surface area contributed by atoms with E-state index in [9.17, 15) is 9.59 Å². The highest BCUT2D eigenvalue weighted by atomic mass is 16.5. The lowest BCUT2D eigenvalue weighted by Gasteiger charge is -2.29. The van der Waals surface area contributed by atoms with Gasteiger partial charge in [-0.25, -0.2) is 0 Å². The molecule has 0 aromatic rings. The van der Waals surface area contributed by atoms with Crippen molar-refractivity contribution in [1.29, 1.82) is 0 Å². The second kappa shape index (κ2) is 6.86. The Hall–Kier alpha value is -1.14. The lowest BCUT2D eigenvalue weighted by Crippen LogP contribution is -2.46. The molecule has 0 aromatic carbocycles. The predicted octanol–water partition coefficient (Wildman–Crippen LogP) is -0.554. The molecule has 0 unspecified atom stereocenters. The third kappa shape index (κ3) is 5.16. The van der Waals surface area contributed by atoms with E-state index in [-0.39, 0.29) is 18.4 Å². The summed E-state index contributed by atoms with van der Waals surface area (Å²) in [6.07, 6.45) is 2.14. The first kappa shape index (κ1) is 14.3. The summed E-state index contributed by atoms with van der Waals surface area (Å²) >= 11 is 0. The summed E-state index contributed by atoms with van der Waals surface area (Å²) in [5, 5.41) is 2.91. The average Bonchev–Trinajstić information content (AvgIpc) is 3.19. The summed E-state index contributed by atoms with van der Waals surface area (Å²) in [4.78, 5) is 27.2. The van der Waals surface area contributed by atoms with Gasteiger partial charge < -0.3 is 15.0 Å². The van der Waals surface area contributed by atoms with Gasteiger partial charge in [0.15, 0.2) is 0 Å². The molecule has 6 nitrogen and oxygen atoms in total. The van der Waals surface area contributed by atoms with Crippen LogP contribution in [0.2, 0.25) is 0 Å². The Balaban J connectivity index is 1.71. The van der Waals surface area contributed by atoms with E-state index in [1.165, 1.54) is 6.92 Å². The highest BCUT2D eigenvalue weighted by Gasteiger charge is 2.24. The number of ether oxygens (including phenoxy) is 1. The van der Waals surface area contributed by atoms with Crippen molar-refractivity contribution in [1.82, 2.24) is 15.1 Å². The van der Waals surface area contributed by atoms with E-state index in [0.29, 0.717) is 12.6 Å². The Morgan fingerprint density at radius 2 is 2.00 bits per heavy atom. The van der Waals surface area contributed by atoms with Gasteiger partial charge in [-0.2, -0.15) is 0 Å². The molecule has 19 heavy (non-hydrogen) atoms. The van der Waals surface area contributed by atoms with Crippen LogP contribution in [0.25, 0.3) is 0 Å². The van der Waals surface area contributed by atoms with Gasteiger partial charge in [-0.15, -0.1) is 0 Å². The van der Waals surface area contributed by atoms with Crippen LogP contribution in [0.1, 0.15) is 19.8 Å². The Kier molecular flexibility index (Phi) is 5.15. The molecule has 1 aliphatic heterocycles. The van der Waals surface area contributed by atoms with E-state index in [1.807, 2.05) is 0 Å². The molecule has 2 fully saturated rings. The lowest BCUT2D eigenvalue weighted by molar-refractivity contribution is -0.134. The van der Waals surface area contributed by atoms with Gasteiger partial charge in [0.2, 0.25) is 11.8 Å². The number of nitrogens with one attached hydrogen (secondary N) is 1. The first-order valence-electron chi connectivity index (χ1n) is 7.00. The largest absolute Gasteiger partial charge is 0.379 e. The van der Waals surface area contributed by atoms with Crippen LogP contribution in [0.4, 0.5) is 0 Å². The smallest absolute Gasteiger partial charge is 0.239 e. The van der Waals surface area contributed by atoms with Gasteiger partial charge in [-0.1, -0.05) is 0 Å². The molecule has 2 rings (SSSR count). The minimum Gasteiger partial charge on any atom is -0.379 e. The van der Waals surface area contributed by atoms with Crippen molar-refractivity contribution in [2.75, 3.05) is 45.9 Å². The van der Waals surface area contributed by atoms with Crippen molar-refractivity contribution in [2.45, 2.75) is 25.8 Å². The minimum absolute atomic E-state index is 0.0420. The normalized spacial score (nSPS) is 20.1. The zero-order valence-corrected chi connectivity index (χ0v) is 11.6. The fourth-order valence-electron chi connectivity index (χ4n) is 2.11. The number of hydrogen-bond donors (Lipinski definition) is 1. The van der Waals surface area contributed by atoms with E-state index in [4.69, 9.17) is 4.74 Å². The zero-order chi connectivity index (χ0) is 13.7. The van der Waals surface area contributed by atoms with Crippen LogP contribution in [-0.4, -0.2) is 73.6 Å². The highest BCUT2D eigenvalue weighted by Crippen LogP contribution is 2.18. The molecule has 1 saturated heterocycles. The van der Waals surface area contributed by atoms with Crippen LogP contribution >= 0.6 is 0 Å². The van der Waals surface area contributed by atoms with E-state index < -0.39 is 0 Å². The second-order valence-corrected chi connectivity index (χ2v) is 5.24. The molecular weight excluding hydrogens is 246 g/mol. The molecule has 108 valence electrons. The van der Waals surface area contributed by atoms with Crippen LogP contribution in [-0.2, 0) is 14.3 Å². The number of rotatable bonds is 6. The van der Waals surface area contributed by atoms with Gasteiger partial charge in [0.05, 0.1) is 19.8 Å². The number of carbonyl (C=O) groups is 2. The zero-order valence-electron chi connectivity index (χ0n) is 11.6. The summed E-state index contributed by atoms with van der Waals surface area (Å²) < 4.78 is 5.28. The quantitative estimate of drug-likeness (QED) is 0.702. The predicted molar refractivity (Wildman–Crippen MR) is 70.7 cm³/mol. The average molecular weight is 269 g/mol. The monoisotopic (exact) mass is 269 g/mol. The number of amides is 2. The number of hydrogen-bond acceptors (Lipinski definition) is 4. The van der Waals surface area contributed by atoms with Gasteiger partial charge in [0, 0.05) is 39.1 Å². The first-order chi connectivity index (χ1) is 9.15. The highest BCUT2D eigenvalue weighted by molar-refractivity contribution is 5.84. The summed E-state index contributed by atoms with van der Waals surface area (Å²) in [5.41, 5.74) is 0. The molecule has 0 aromatic heterocycles. The van der Waals surface area contributed by atoms with Crippen molar-refractivity contribution in [3.8, 4) is 0 Å². The van der Waals surface area contributed by atoms with E-state index in [2.05, 4.69) is 10.2 Å². The van der Waals surface area contributed by atoms with Crippen molar-refractivity contribution < 1.29 is 14.3 Å². The minimum atomic E-state index is -0.0424. The maximum atomic E-state index is 11.7. The maximum absolute atomic E-state index is 11.7. The summed E-state index contributed by atoms with van der Waals surface area (Å²) in [5.74, 6) is -0.0844. The Morgan fingerprint density at radius 3 is 2.58 bits per heavy atom. The van der Waals surface area contributed by atoms with Crippen LogP contribution in [0.3, 0.4) is 0 Å². The molecule has 0 atom stereocenters.